The van der Waals surface area contributed by atoms with Crippen LogP contribution in [0.3, 0.4) is 0 Å². The maximum absolute atomic E-state index is 12.1. The average Bonchev–Trinajstić information content (AvgIpc) is 2.28. The number of aliphatic hydroxyl groups is 1. The van der Waals surface area contributed by atoms with E-state index in [0.29, 0.717) is 15.7 Å². The van der Waals surface area contributed by atoms with Crippen LogP contribution in [-0.4, -0.2) is 29.1 Å². The van der Waals surface area contributed by atoms with Gasteiger partial charge in [0.25, 0.3) is 12.1 Å². The summed E-state index contributed by atoms with van der Waals surface area (Å²) in [5.41, 5.74) is 0.747. The Hall–Kier alpha value is -1.28. The standard InChI is InChI=1S/C10H11BrF2N2O3/c1-5-2-7(14-4-9(16)10(12)13)6(11)3-8(5)15(17)18/h2-3,9-10,14,16H,4H2,1H3. The van der Waals surface area contributed by atoms with Crippen LogP contribution in [0.15, 0.2) is 16.6 Å². The van der Waals surface area contributed by atoms with E-state index in [-0.39, 0.29) is 12.2 Å². The van der Waals surface area contributed by atoms with Crippen molar-refractivity contribution in [2.45, 2.75) is 19.5 Å². The molecule has 0 fully saturated rings. The van der Waals surface area contributed by atoms with E-state index in [1.54, 1.807) is 6.92 Å². The number of nitro benzene ring substituents is 1. The van der Waals surface area contributed by atoms with Gasteiger partial charge in [-0.2, -0.15) is 0 Å². The molecule has 0 radical (unpaired) electrons. The Labute approximate surface area is 110 Å². The zero-order chi connectivity index (χ0) is 13.9. The largest absolute Gasteiger partial charge is 0.385 e. The first-order chi connectivity index (χ1) is 8.32. The molecule has 1 aromatic rings. The van der Waals surface area contributed by atoms with E-state index < -0.39 is 17.5 Å². The van der Waals surface area contributed by atoms with Gasteiger partial charge in [0.15, 0.2) is 0 Å². The van der Waals surface area contributed by atoms with Crippen LogP contribution in [0.1, 0.15) is 5.56 Å². The molecule has 8 heteroatoms. The smallest absolute Gasteiger partial charge is 0.273 e. The van der Waals surface area contributed by atoms with Crippen LogP contribution in [0.4, 0.5) is 20.2 Å². The predicted molar refractivity (Wildman–Crippen MR) is 66.0 cm³/mol. The summed E-state index contributed by atoms with van der Waals surface area (Å²) in [6.07, 6.45) is -4.62. The van der Waals surface area contributed by atoms with Crippen molar-refractivity contribution in [1.82, 2.24) is 0 Å². The van der Waals surface area contributed by atoms with Gasteiger partial charge in [0.2, 0.25) is 0 Å². The van der Waals surface area contributed by atoms with Gasteiger partial charge in [-0.3, -0.25) is 10.1 Å². The topological polar surface area (TPSA) is 75.4 Å². The number of nitrogens with zero attached hydrogens (tertiary/aromatic N) is 1. The molecular formula is C10H11BrF2N2O3. The average molecular weight is 325 g/mol. The minimum atomic E-state index is -2.84. The van der Waals surface area contributed by atoms with Crippen LogP contribution in [0.5, 0.6) is 0 Å². The Morgan fingerprint density at radius 2 is 2.17 bits per heavy atom. The molecule has 0 bridgehead atoms. The fourth-order valence-corrected chi connectivity index (χ4v) is 1.78. The minimum Gasteiger partial charge on any atom is -0.385 e. The Bertz CT molecular complexity index is 457. The van der Waals surface area contributed by atoms with Gasteiger partial charge in [-0.25, -0.2) is 8.78 Å². The number of alkyl halides is 2. The first-order valence-corrected chi connectivity index (χ1v) is 5.77. The molecule has 0 spiro atoms. The number of nitro groups is 1. The van der Waals surface area contributed by atoms with Crippen LogP contribution in [0, 0.1) is 17.0 Å². The summed E-state index contributed by atoms with van der Waals surface area (Å²) in [7, 11) is 0. The molecule has 0 heterocycles. The van der Waals surface area contributed by atoms with Gasteiger partial charge < -0.3 is 10.4 Å². The molecule has 1 unspecified atom stereocenters. The van der Waals surface area contributed by atoms with Crippen LogP contribution >= 0.6 is 15.9 Å². The number of hydrogen-bond donors (Lipinski definition) is 2. The highest BCUT2D eigenvalue weighted by Crippen LogP contribution is 2.30. The predicted octanol–water partition coefficient (Wildman–Crippen LogP) is 2.70. The lowest BCUT2D eigenvalue weighted by Crippen LogP contribution is -2.26. The molecular weight excluding hydrogens is 314 g/mol. The van der Waals surface area contributed by atoms with Gasteiger partial charge >= 0.3 is 0 Å². The maximum Gasteiger partial charge on any atom is 0.273 e. The Morgan fingerprint density at radius 1 is 1.56 bits per heavy atom. The number of aliphatic hydroxyl groups excluding tert-OH is 1. The van der Waals surface area contributed by atoms with Gasteiger partial charge in [0.1, 0.15) is 6.10 Å². The summed E-state index contributed by atoms with van der Waals surface area (Å²) < 4.78 is 24.6. The molecule has 0 aliphatic rings. The van der Waals surface area contributed by atoms with Gasteiger partial charge in [-0.05, 0) is 28.9 Å². The molecule has 0 amide bonds. The number of rotatable bonds is 5. The number of aryl methyl sites for hydroxylation is 1. The molecule has 0 saturated carbocycles. The van der Waals surface area contributed by atoms with E-state index in [1.807, 2.05) is 0 Å². The lowest BCUT2D eigenvalue weighted by molar-refractivity contribution is -0.385. The summed E-state index contributed by atoms with van der Waals surface area (Å²) in [5, 5.41) is 22.2. The highest BCUT2D eigenvalue weighted by molar-refractivity contribution is 9.10. The quantitative estimate of drug-likeness (QED) is 0.645. The number of anilines is 1. The summed E-state index contributed by atoms with van der Waals surface area (Å²) in [4.78, 5) is 10.1. The lowest BCUT2D eigenvalue weighted by atomic mass is 10.2. The molecule has 1 aromatic carbocycles. The molecule has 1 rings (SSSR count). The van der Waals surface area contributed by atoms with E-state index in [4.69, 9.17) is 5.11 Å². The summed E-state index contributed by atoms with van der Waals surface area (Å²) in [6, 6.07) is 2.74. The fourth-order valence-electron chi connectivity index (χ4n) is 1.31. The maximum atomic E-state index is 12.1. The van der Waals surface area contributed by atoms with E-state index >= 15 is 0 Å². The Morgan fingerprint density at radius 3 is 2.67 bits per heavy atom. The third-order valence-electron chi connectivity index (χ3n) is 2.27. The van der Waals surface area contributed by atoms with Crippen molar-refractivity contribution in [2.75, 3.05) is 11.9 Å². The Balaban J connectivity index is 2.85. The fraction of sp³-hybridized carbons (Fsp3) is 0.400. The van der Waals surface area contributed by atoms with E-state index in [0.717, 1.165) is 0 Å². The van der Waals surface area contributed by atoms with Gasteiger partial charge in [-0.1, -0.05) is 0 Å². The molecule has 0 saturated heterocycles. The SMILES string of the molecule is Cc1cc(NCC(O)C(F)F)c(Br)cc1[N+](=O)[O-]. The number of halogens is 3. The highest BCUT2D eigenvalue weighted by atomic mass is 79.9. The number of nitrogens with one attached hydrogen (secondary N) is 1. The van der Waals surface area contributed by atoms with Crippen LogP contribution < -0.4 is 5.32 Å². The van der Waals surface area contributed by atoms with Gasteiger partial charge in [-0.15, -0.1) is 0 Å². The van der Waals surface area contributed by atoms with Crippen molar-refractivity contribution in [3.8, 4) is 0 Å². The van der Waals surface area contributed by atoms with Crippen molar-refractivity contribution in [3.63, 3.8) is 0 Å². The summed E-state index contributed by atoms with van der Waals surface area (Å²) in [5.74, 6) is 0. The number of benzene rings is 1. The minimum absolute atomic E-state index is 0.0677. The van der Waals surface area contributed by atoms with E-state index in [1.165, 1.54) is 12.1 Å². The molecule has 1 atom stereocenters. The van der Waals surface area contributed by atoms with Crippen LogP contribution in [-0.2, 0) is 0 Å². The van der Waals surface area contributed by atoms with Crippen molar-refractivity contribution in [1.29, 1.82) is 0 Å². The molecule has 18 heavy (non-hydrogen) atoms. The summed E-state index contributed by atoms with van der Waals surface area (Å²) >= 11 is 3.10. The first kappa shape index (κ1) is 14.8. The second-order valence-electron chi connectivity index (χ2n) is 3.66. The zero-order valence-corrected chi connectivity index (χ0v) is 10.9. The molecule has 0 aliphatic heterocycles. The molecule has 2 N–H and O–H groups in total. The van der Waals surface area contributed by atoms with Crippen LogP contribution in [0.2, 0.25) is 0 Å². The zero-order valence-electron chi connectivity index (χ0n) is 9.36. The summed E-state index contributed by atoms with van der Waals surface area (Å²) in [6.45, 7) is 1.20. The number of hydrogen-bond acceptors (Lipinski definition) is 4. The van der Waals surface area contributed by atoms with E-state index in [2.05, 4.69) is 21.2 Å². The normalized spacial score (nSPS) is 12.6. The second kappa shape index (κ2) is 6.05. The van der Waals surface area contributed by atoms with Crippen molar-refractivity contribution >= 4 is 27.3 Å². The highest BCUT2D eigenvalue weighted by Gasteiger charge is 2.18. The third kappa shape index (κ3) is 3.61. The Kier molecular flexibility index (Phi) is 4.97. The van der Waals surface area contributed by atoms with Gasteiger partial charge in [0.05, 0.1) is 4.92 Å². The van der Waals surface area contributed by atoms with Crippen molar-refractivity contribution in [3.05, 3.63) is 32.3 Å². The molecule has 5 nitrogen and oxygen atoms in total. The monoisotopic (exact) mass is 324 g/mol. The second-order valence-corrected chi connectivity index (χ2v) is 4.51. The first-order valence-electron chi connectivity index (χ1n) is 4.97. The van der Waals surface area contributed by atoms with Crippen molar-refractivity contribution < 1.29 is 18.8 Å². The lowest BCUT2D eigenvalue weighted by Gasteiger charge is -2.13. The molecule has 100 valence electrons. The third-order valence-corrected chi connectivity index (χ3v) is 2.93. The van der Waals surface area contributed by atoms with Crippen LogP contribution in [0.25, 0.3) is 0 Å². The molecule has 0 aromatic heterocycles. The molecule has 0 aliphatic carbocycles. The van der Waals surface area contributed by atoms with E-state index in [9.17, 15) is 18.9 Å². The van der Waals surface area contributed by atoms with Crippen molar-refractivity contribution in [2.24, 2.45) is 0 Å². The van der Waals surface area contributed by atoms with Gasteiger partial charge in [0, 0.05) is 28.3 Å².